The standard InChI is InChI=1S/C30H44S2/c1-19-2-21-3-20(1)9-27(8-19,10-21)31-29-14-25-7-26(15-29)17-30(16-25,18-29)32-28-11-22-4-23(12-28)6-24(5-22)13-28/h19-26H,1-18H2. The SMILES string of the molecule is C1C2CC3CC1CC(SC14CC5CC(C1)CC(SC16CC7CC(CC(C7)C1)C6)(C5)C4)(C2)C3. The topological polar surface area (TPSA) is 0 Å². The Bertz CT molecular complexity index is 678. The zero-order valence-electron chi connectivity index (χ0n) is 20.2. The highest BCUT2D eigenvalue weighted by Gasteiger charge is 2.64. The Kier molecular flexibility index (Phi) is 3.92. The van der Waals surface area contributed by atoms with Gasteiger partial charge in [-0.05, 0) is 163 Å². The van der Waals surface area contributed by atoms with Crippen LogP contribution in [0.4, 0.5) is 0 Å². The Morgan fingerprint density at radius 1 is 0.312 bits per heavy atom. The first-order valence-corrected chi connectivity index (χ1v) is 16.5. The molecule has 32 heavy (non-hydrogen) atoms. The van der Waals surface area contributed by atoms with E-state index in [4.69, 9.17) is 0 Å². The third-order valence-corrected chi connectivity index (χ3v) is 16.5. The minimum absolute atomic E-state index is 0.699. The second-order valence-electron chi connectivity index (χ2n) is 15.7. The van der Waals surface area contributed by atoms with Crippen LogP contribution in [-0.4, -0.2) is 19.0 Å². The van der Waals surface area contributed by atoms with Crippen molar-refractivity contribution in [3.8, 4) is 0 Å². The molecule has 0 saturated heterocycles. The maximum absolute atomic E-state index is 2.69. The molecule has 0 heterocycles. The fraction of sp³-hybridized carbons (Fsp3) is 1.00. The van der Waals surface area contributed by atoms with Gasteiger partial charge in [0.2, 0.25) is 0 Å². The van der Waals surface area contributed by atoms with Crippen molar-refractivity contribution in [2.24, 2.45) is 47.3 Å². The first-order valence-electron chi connectivity index (χ1n) is 14.9. The second kappa shape index (κ2) is 6.33. The highest BCUT2D eigenvalue weighted by molar-refractivity contribution is 8.03. The molecule has 12 aliphatic carbocycles. The van der Waals surface area contributed by atoms with Gasteiger partial charge < -0.3 is 0 Å². The predicted octanol–water partition coefficient (Wildman–Crippen LogP) is 8.48. The fourth-order valence-corrected chi connectivity index (χ4v) is 19.4. The zero-order chi connectivity index (χ0) is 20.8. The van der Waals surface area contributed by atoms with Crippen molar-refractivity contribution in [2.75, 3.05) is 0 Å². The van der Waals surface area contributed by atoms with Crippen LogP contribution >= 0.6 is 23.5 Å². The molecule has 0 N–H and O–H groups in total. The van der Waals surface area contributed by atoms with Gasteiger partial charge in [-0.3, -0.25) is 0 Å². The van der Waals surface area contributed by atoms with Gasteiger partial charge in [0.05, 0.1) is 0 Å². The van der Waals surface area contributed by atoms with Crippen molar-refractivity contribution in [1.29, 1.82) is 0 Å². The average molecular weight is 469 g/mol. The van der Waals surface area contributed by atoms with Crippen molar-refractivity contribution in [2.45, 2.75) is 135 Å². The molecule has 0 atom stereocenters. The number of hydrogen-bond acceptors (Lipinski definition) is 2. The summed E-state index contributed by atoms with van der Waals surface area (Å²) in [6, 6.07) is 0. The smallest absolute Gasteiger partial charge is 0.0184 e. The van der Waals surface area contributed by atoms with Crippen LogP contribution < -0.4 is 0 Å². The van der Waals surface area contributed by atoms with E-state index in [2.05, 4.69) is 23.5 Å². The minimum Gasteiger partial charge on any atom is -0.148 e. The van der Waals surface area contributed by atoms with Crippen LogP contribution in [0.3, 0.4) is 0 Å². The highest BCUT2D eigenvalue weighted by Crippen LogP contribution is 2.74. The molecule has 12 bridgehead atoms. The zero-order valence-corrected chi connectivity index (χ0v) is 21.8. The lowest BCUT2D eigenvalue weighted by Crippen LogP contribution is -2.61. The van der Waals surface area contributed by atoms with Gasteiger partial charge in [-0.2, -0.15) is 0 Å². The Morgan fingerprint density at radius 3 is 0.875 bits per heavy atom. The summed E-state index contributed by atoms with van der Waals surface area (Å²) in [7, 11) is 0. The lowest BCUT2D eigenvalue weighted by molar-refractivity contribution is 0.0257. The van der Waals surface area contributed by atoms with Crippen molar-refractivity contribution >= 4 is 23.5 Å². The van der Waals surface area contributed by atoms with Gasteiger partial charge in [0.25, 0.3) is 0 Å². The highest BCUT2D eigenvalue weighted by atomic mass is 32.2. The van der Waals surface area contributed by atoms with E-state index >= 15 is 0 Å². The Labute approximate surface area is 205 Å². The lowest BCUT2D eigenvalue weighted by atomic mass is 9.55. The summed E-state index contributed by atoms with van der Waals surface area (Å²) in [6.45, 7) is 0. The van der Waals surface area contributed by atoms with Crippen LogP contribution in [0.1, 0.15) is 116 Å². The van der Waals surface area contributed by atoms with Crippen LogP contribution in [0.2, 0.25) is 0 Å². The van der Waals surface area contributed by atoms with Crippen molar-refractivity contribution in [3.05, 3.63) is 0 Å². The van der Waals surface area contributed by atoms with E-state index in [-0.39, 0.29) is 0 Å². The maximum atomic E-state index is 2.69. The van der Waals surface area contributed by atoms with Crippen LogP contribution in [0.5, 0.6) is 0 Å². The van der Waals surface area contributed by atoms with Crippen molar-refractivity contribution < 1.29 is 0 Å². The second-order valence-corrected chi connectivity index (χ2v) is 19.6. The van der Waals surface area contributed by atoms with E-state index in [1.807, 2.05) is 0 Å². The van der Waals surface area contributed by atoms with E-state index in [1.54, 1.807) is 116 Å². The summed E-state index contributed by atoms with van der Waals surface area (Å²) < 4.78 is 2.86. The number of hydrogen-bond donors (Lipinski definition) is 0. The quantitative estimate of drug-likeness (QED) is 0.406. The summed E-state index contributed by atoms with van der Waals surface area (Å²) in [4.78, 5) is 0. The molecule has 0 aromatic rings. The first kappa shape index (κ1) is 19.8. The molecule has 2 heteroatoms. The van der Waals surface area contributed by atoms with Gasteiger partial charge in [-0.1, -0.05) is 0 Å². The molecule has 12 rings (SSSR count). The fourth-order valence-electron chi connectivity index (χ4n) is 13.6. The van der Waals surface area contributed by atoms with Crippen LogP contribution in [-0.2, 0) is 0 Å². The summed E-state index contributed by atoms with van der Waals surface area (Å²) >= 11 is 5.38. The molecule has 0 aliphatic heterocycles. The largest absolute Gasteiger partial charge is 0.148 e. The third kappa shape index (κ3) is 2.90. The molecule has 176 valence electrons. The summed E-state index contributed by atoms with van der Waals surface area (Å²) in [6.07, 6.45) is 29.2. The Morgan fingerprint density at radius 2 is 0.562 bits per heavy atom. The Balaban J connectivity index is 1.02. The predicted molar refractivity (Wildman–Crippen MR) is 137 cm³/mol. The Hall–Kier alpha value is 0.700. The molecule has 0 amide bonds. The van der Waals surface area contributed by atoms with Gasteiger partial charge in [0, 0.05) is 19.0 Å². The van der Waals surface area contributed by atoms with E-state index in [0.29, 0.717) is 9.49 Å². The first-order chi connectivity index (χ1) is 15.5. The minimum atomic E-state index is 0.699. The number of rotatable bonds is 4. The van der Waals surface area contributed by atoms with Gasteiger partial charge in [0.1, 0.15) is 0 Å². The van der Waals surface area contributed by atoms with E-state index in [0.717, 1.165) is 56.8 Å². The van der Waals surface area contributed by atoms with Gasteiger partial charge >= 0.3 is 0 Å². The van der Waals surface area contributed by atoms with Crippen LogP contribution in [0.15, 0.2) is 0 Å². The van der Waals surface area contributed by atoms with E-state index in [1.165, 1.54) is 0 Å². The van der Waals surface area contributed by atoms with Gasteiger partial charge in [0.15, 0.2) is 0 Å². The molecule has 12 aliphatic rings. The molecule has 0 aromatic carbocycles. The van der Waals surface area contributed by atoms with E-state index < -0.39 is 0 Å². The van der Waals surface area contributed by atoms with Crippen LogP contribution in [0, 0.1) is 47.3 Å². The van der Waals surface area contributed by atoms with Gasteiger partial charge in [-0.15, -0.1) is 23.5 Å². The molecule has 0 unspecified atom stereocenters. The molecule has 12 saturated carbocycles. The molecule has 0 aromatic heterocycles. The molecule has 0 spiro atoms. The van der Waals surface area contributed by atoms with Crippen molar-refractivity contribution in [1.82, 2.24) is 0 Å². The molecule has 12 fully saturated rings. The monoisotopic (exact) mass is 468 g/mol. The average Bonchev–Trinajstić information content (AvgIpc) is 2.62. The van der Waals surface area contributed by atoms with Crippen molar-refractivity contribution in [3.63, 3.8) is 0 Å². The van der Waals surface area contributed by atoms with E-state index in [9.17, 15) is 0 Å². The molecule has 0 radical (unpaired) electrons. The maximum Gasteiger partial charge on any atom is 0.0184 e. The van der Waals surface area contributed by atoms with Crippen LogP contribution in [0.25, 0.3) is 0 Å². The molecular formula is C30H44S2. The summed E-state index contributed by atoms with van der Waals surface area (Å²) in [5, 5.41) is 0. The lowest BCUT2D eigenvalue weighted by Gasteiger charge is -2.67. The normalized spacial score (nSPS) is 65.2. The molecule has 0 nitrogen and oxygen atoms in total. The molecular weight excluding hydrogens is 424 g/mol. The summed E-state index contributed by atoms with van der Waals surface area (Å²) in [5.74, 6) is 8.93. The third-order valence-electron chi connectivity index (χ3n) is 12.8. The van der Waals surface area contributed by atoms with Gasteiger partial charge in [-0.25, -0.2) is 0 Å². The number of thioether (sulfide) groups is 2. The summed E-state index contributed by atoms with van der Waals surface area (Å²) in [5.41, 5.74) is 0.